The molecule has 116 valence electrons. The van der Waals surface area contributed by atoms with Crippen LogP contribution in [-0.2, 0) is 20.6 Å². The van der Waals surface area contributed by atoms with Gasteiger partial charge in [0.2, 0.25) is 10.0 Å². The molecule has 0 radical (unpaired) electrons. The number of nitrogens with zero attached hydrogens (tertiary/aromatic N) is 1. The Kier molecular flexibility index (Phi) is 5.14. The van der Waals surface area contributed by atoms with Crippen LogP contribution in [0.2, 0.25) is 10.0 Å². The molecule has 0 amide bonds. The molecule has 1 atom stereocenters. The molecule has 1 fully saturated rings. The van der Waals surface area contributed by atoms with Gasteiger partial charge in [-0.2, -0.15) is 0 Å². The molecule has 1 N–H and O–H groups in total. The molecule has 0 bridgehead atoms. The fourth-order valence-electron chi connectivity index (χ4n) is 2.33. The van der Waals surface area contributed by atoms with Crippen molar-refractivity contribution >= 4 is 39.2 Å². The molecule has 0 unspecified atom stereocenters. The summed E-state index contributed by atoms with van der Waals surface area (Å²) in [5.41, 5.74) is 0.529. The van der Waals surface area contributed by atoms with E-state index in [0.717, 1.165) is 0 Å². The Morgan fingerprint density at radius 1 is 1.33 bits per heavy atom. The largest absolute Gasteiger partial charge is 0.481 e. The minimum absolute atomic E-state index is 0.0268. The van der Waals surface area contributed by atoms with Gasteiger partial charge < -0.3 is 5.11 Å². The molecule has 0 aromatic heterocycles. The van der Waals surface area contributed by atoms with Crippen molar-refractivity contribution in [1.29, 1.82) is 0 Å². The van der Waals surface area contributed by atoms with Gasteiger partial charge in [-0.1, -0.05) is 29.3 Å². The summed E-state index contributed by atoms with van der Waals surface area (Å²) >= 11 is 11.7. The third-order valence-corrected chi connectivity index (χ3v) is 6.02. The summed E-state index contributed by atoms with van der Waals surface area (Å²) in [5.74, 6) is -1.80. The van der Waals surface area contributed by atoms with Crippen LogP contribution in [0, 0.1) is 5.92 Å². The zero-order chi connectivity index (χ0) is 15.6. The molecule has 1 heterocycles. The maximum Gasteiger partial charge on any atom is 0.307 e. The first kappa shape index (κ1) is 16.5. The van der Waals surface area contributed by atoms with Crippen molar-refractivity contribution in [3.8, 4) is 0 Å². The van der Waals surface area contributed by atoms with Crippen molar-refractivity contribution in [3.05, 3.63) is 33.8 Å². The van der Waals surface area contributed by atoms with Crippen LogP contribution in [0.15, 0.2) is 18.2 Å². The average Bonchev–Trinajstić information content (AvgIpc) is 2.43. The Morgan fingerprint density at radius 3 is 2.67 bits per heavy atom. The number of sulfonamides is 1. The fraction of sp³-hybridized carbons (Fsp3) is 0.462. The number of aliphatic carboxylic acids is 1. The maximum absolute atomic E-state index is 12.4. The predicted molar refractivity (Wildman–Crippen MR) is 81.0 cm³/mol. The van der Waals surface area contributed by atoms with Crippen molar-refractivity contribution in [1.82, 2.24) is 4.31 Å². The van der Waals surface area contributed by atoms with Crippen LogP contribution in [-0.4, -0.2) is 36.9 Å². The molecule has 0 aliphatic carbocycles. The molecule has 1 aliphatic rings. The van der Waals surface area contributed by atoms with E-state index in [4.69, 9.17) is 28.3 Å². The van der Waals surface area contributed by atoms with E-state index in [1.807, 2.05) is 0 Å². The minimum atomic E-state index is -3.56. The van der Waals surface area contributed by atoms with E-state index in [0.29, 0.717) is 35.0 Å². The van der Waals surface area contributed by atoms with Crippen LogP contribution >= 0.6 is 23.2 Å². The number of carboxylic acids is 1. The van der Waals surface area contributed by atoms with Gasteiger partial charge >= 0.3 is 5.97 Å². The van der Waals surface area contributed by atoms with Crippen LogP contribution < -0.4 is 0 Å². The van der Waals surface area contributed by atoms with Gasteiger partial charge in [0.25, 0.3) is 0 Å². The standard InChI is InChI=1S/C13H15Cl2NO4S/c14-11-4-3-9(6-12(11)15)8-21(19,20)16-5-1-2-10(7-16)13(17)18/h3-4,6,10H,1-2,5,7-8H2,(H,17,18)/t10-/m0/s1. The summed E-state index contributed by atoms with van der Waals surface area (Å²) in [7, 11) is -3.56. The highest BCUT2D eigenvalue weighted by Gasteiger charge is 2.32. The smallest absolute Gasteiger partial charge is 0.307 e. The Balaban J connectivity index is 2.14. The van der Waals surface area contributed by atoms with Gasteiger partial charge in [-0.05, 0) is 30.5 Å². The maximum atomic E-state index is 12.4. The lowest BCUT2D eigenvalue weighted by Gasteiger charge is -2.29. The number of hydrogen-bond acceptors (Lipinski definition) is 3. The number of carbonyl (C=O) groups is 1. The third kappa shape index (κ3) is 4.10. The monoisotopic (exact) mass is 351 g/mol. The SMILES string of the molecule is O=C(O)[C@H]1CCCN(S(=O)(=O)Cc2ccc(Cl)c(Cl)c2)C1. The molecule has 1 aliphatic heterocycles. The lowest BCUT2D eigenvalue weighted by molar-refractivity contribution is -0.142. The van der Waals surface area contributed by atoms with E-state index in [1.165, 1.54) is 10.4 Å². The summed E-state index contributed by atoms with van der Waals surface area (Å²) in [5, 5.41) is 9.69. The number of halogens is 2. The number of rotatable bonds is 4. The first-order chi connectivity index (χ1) is 9.79. The first-order valence-corrected chi connectivity index (χ1v) is 8.80. The van der Waals surface area contributed by atoms with E-state index < -0.39 is 21.9 Å². The summed E-state index contributed by atoms with van der Waals surface area (Å²) in [6, 6.07) is 4.66. The van der Waals surface area contributed by atoms with Gasteiger partial charge in [0.05, 0.1) is 21.7 Å². The van der Waals surface area contributed by atoms with E-state index in [-0.39, 0.29) is 12.3 Å². The van der Waals surface area contributed by atoms with E-state index in [9.17, 15) is 13.2 Å². The summed E-state index contributed by atoms with van der Waals surface area (Å²) in [4.78, 5) is 11.0. The Hall–Kier alpha value is -0.820. The molecule has 0 saturated carbocycles. The quantitative estimate of drug-likeness (QED) is 0.904. The van der Waals surface area contributed by atoms with Gasteiger partial charge in [0.1, 0.15) is 0 Å². The van der Waals surface area contributed by atoms with Crippen LogP contribution in [0.4, 0.5) is 0 Å². The highest BCUT2D eigenvalue weighted by molar-refractivity contribution is 7.88. The number of carboxylic acid groups (broad SMARTS) is 1. The fourth-order valence-corrected chi connectivity index (χ4v) is 4.25. The second kappa shape index (κ2) is 6.52. The molecule has 8 heteroatoms. The topological polar surface area (TPSA) is 74.7 Å². The average molecular weight is 352 g/mol. The van der Waals surface area contributed by atoms with Crippen molar-refractivity contribution in [2.24, 2.45) is 5.92 Å². The summed E-state index contributed by atoms with van der Waals surface area (Å²) in [6.07, 6.45) is 1.06. The molecular formula is C13H15Cl2NO4S. The zero-order valence-electron chi connectivity index (χ0n) is 11.1. The van der Waals surface area contributed by atoms with Crippen LogP contribution in [0.1, 0.15) is 18.4 Å². The zero-order valence-corrected chi connectivity index (χ0v) is 13.5. The van der Waals surface area contributed by atoms with Crippen molar-refractivity contribution in [2.75, 3.05) is 13.1 Å². The Bertz CT molecular complexity index is 648. The highest BCUT2D eigenvalue weighted by Crippen LogP contribution is 2.25. The van der Waals surface area contributed by atoms with Gasteiger partial charge in [-0.25, -0.2) is 12.7 Å². The second-order valence-electron chi connectivity index (χ2n) is 5.04. The second-order valence-corrected chi connectivity index (χ2v) is 7.82. The third-order valence-electron chi connectivity index (χ3n) is 3.46. The number of piperidine rings is 1. The minimum Gasteiger partial charge on any atom is -0.481 e. The summed E-state index contributed by atoms with van der Waals surface area (Å²) < 4.78 is 26.0. The van der Waals surface area contributed by atoms with Crippen LogP contribution in [0.5, 0.6) is 0 Å². The van der Waals surface area contributed by atoms with E-state index >= 15 is 0 Å². The van der Waals surface area contributed by atoms with Crippen LogP contribution in [0.3, 0.4) is 0 Å². The summed E-state index contributed by atoms with van der Waals surface area (Å²) in [6.45, 7) is 0.381. The normalized spacial score (nSPS) is 20.4. The molecule has 1 saturated heterocycles. The van der Waals surface area contributed by atoms with Gasteiger partial charge in [-0.3, -0.25) is 4.79 Å². The molecule has 1 aromatic carbocycles. The lowest BCUT2D eigenvalue weighted by atomic mass is 10.0. The van der Waals surface area contributed by atoms with Gasteiger partial charge in [0, 0.05) is 13.1 Å². The Morgan fingerprint density at radius 2 is 2.05 bits per heavy atom. The predicted octanol–water partition coefficient (Wildman–Crippen LogP) is 2.62. The lowest BCUT2D eigenvalue weighted by Crippen LogP contribution is -2.42. The van der Waals surface area contributed by atoms with E-state index in [1.54, 1.807) is 12.1 Å². The number of benzene rings is 1. The van der Waals surface area contributed by atoms with Crippen molar-refractivity contribution in [3.63, 3.8) is 0 Å². The van der Waals surface area contributed by atoms with Crippen molar-refractivity contribution in [2.45, 2.75) is 18.6 Å². The number of hydrogen-bond donors (Lipinski definition) is 1. The highest BCUT2D eigenvalue weighted by atomic mass is 35.5. The molecule has 0 spiro atoms. The van der Waals surface area contributed by atoms with Gasteiger partial charge in [-0.15, -0.1) is 0 Å². The first-order valence-electron chi connectivity index (χ1n) is 6.44. The molecule has 2 rings (SSSR count). The molecule has 1 aromatic rings. The molecule has 5 nitrogen and oxygen atoms in total. The molecule has 21 heavy (non-hydrogen) atoms. The Labute approximate surface area is 133 Å². The molecular weight excluding hydrogens is 337 g/mol. The van der Waals surface area contributed by atoms with Gasteiger partial charge in [0.15, 0.2) is 0 Å². The van der Waals surface area contributed by atoms with Crippen molar-refractivity contribution < 1.29 is 18.3 Å². The van der Waals surface area contributed by atoms with E-state index in [2.05, 4.69) is 0 Å². The van der Waals surface area contributed by atoms with Crippen LogP contribution in [0.25, 0.3) is 0 Å².